The molecule has 0 spiro atoms. The van der Waals surface area contributed by atoms with Crippen LogP contribution in [0.15, 0.2) is 25.0 Å². The largest absolute Gasteiger partial charge is 0.481 e. The predicted molar refractivity (Wildman–Crippen MR) is 42.3 cm³/mol. The molecule has 0 aromatic rings. The van der Waals surface area contributed by atoms with Gasteiger partial charge in [-0.05, 0) is 6.42 Å². The van der Waals surface area contributed by atoms with Gasteiger partial charge >= 0.3 is 11.9 Å². The van der Waals surface area contributed by atoms with Crippen LogP contribution < -0.4 is 0 Å². The summed E-state index contributed by atoms with van der Waals surface area (Å²) in [7, 11) is 0. The Morgan fingerprint density at radius 3 is 2.42 bits per heavy atom. The van der Waals surface area contributed by atoms with Gasteiger partial charge in [-0.15, -0.1) is 0 Å². The minimum atomic E-state index is -0.970. The molecule has 12 heavy (non-hydrogen) atoms. The van der Waals surface area contributed by atoms with Crippen LogP contribution in [0.2, 0.25) is 0 Å². The van der Waals surface area contributed by atoms with Gasteiger partial charge in [-0.25, -0.2) is 4.79 Å². The highest BCUT2D eigenvalue weighted by Crippen LogP contribution is 2.04. The molecule has 4 nitrogen and oxygen atoms in total. The molecular formula is C8H10O4. The third kappa shape index (κ3) is 4.27. The number of hydrogen-bond acceptors (Lipinski definition) is 3. The van der Waals surface area contributed by atoms with Gasteiger partial charge in [-0.1, -0.05) is 13.2 Å². The second-order valence-corrected chi connectivity index (χ2v) is 2.07. The highest BCUT2D eigenvalue weighted by Gasteiger charge is 2.08. The van der Waals surface area contributed by atoms with Gasteiger partial charge in [-0.3, -0.25) is 4.79 Å². The number of rotatable bonds is 5. The Morgan fingerprint density at radius 1 is 1.42 bits per heavy atom. The van der Waals surface area contributed by atoms with Gasteiger partial charge in [0.25, 0.3) is 0 Å². The molecule has 0 rings (SSSR count). The number of ether oxygens (including phenoxy) is 1. The van der Waals surface area contributed by atoms with Crippen molar-refractivity contribution in [2.24, 2.45) is 0 Å². The molecule has 0 amide bonds. The fourth-order valence-corrected chi connectivity index (χ4v) is 0.519. The predicted octanol–water partition coefficient (Wildman–Crippen LogP) is 1.09. The Morgan fingerprint density at radius 2 is 2.00 bits per heavy atom. The Hall–Kier alpha value is -1.58. The maximum atomic E-state index is 10.8. The van der Waals surface area contributed by atoms with Crippen LogP contribution in [-0.2, 0) is 14.3 Å². The van der Waals surface area contributed by atoms with E-state index in [9.17, 15) is 9.59 Å². The zero-order valence-corrected chi connectivity index (χ0v) is 6.58. The normalized spacial score (nSPS) is 8.67. The zero-order valence-electron chi connectivity index (χ0n) is 6.58. The minimum Gasteiger partial charge on any atom is -0.481 e. The number of carbonyl (C=O) groups is 2. The standard InChI is InChI=1S/C8H10O4/c1-3-12-8(11)6(2)4-5-7(9)10/h3H,1-2,4-5H2,(H,9,10). The molecule has 0 aromatic carbocycles. The van der Waals surface area contributed by atoms with Crippen LogP contribution in [-0.4, -0.2) is 17.0 Å². The van der Waals surface area contributed by atoms with Crippen LogP contribution in [0.4, 0.5) is 0 Å². The van der Waals surface area contributed by atoms with Crippen molar-refractivity contribution in [3.8, 4) is 0 Å². The Labute approximate surface area is 70.1 Å². The van der Waals surface area contributed by atoms with E-state index < -0.39 is 11.9 Å². The fraction of sp³-hybridized carbons (Fsp3) is 0.250. The first-order chi connectivity index (χ1) is 5.57. The van der Waals surface area contributed by atoms with Crippen LogP contribution in [0, 0.1) is 0 Å². The molecule has 0 unspecified atom stereocenters. The van der Waals surface area contributed by atoms with Crippen molar-refractivity contribution < 1.29 is 19.4 Å². The number of hydrogen-bond donors (Lipinski definition) is 1. The second-order valence-electron chi connectivity index (χ2n) is 2.07. The minimum absolute atomic E-state index is 0.0992. The van der Waals surface area contributed by atoms with Crippen molar-refractivity contribution in [1.29, 1.82) is 0 Å². The summed E-state index contributed by atoms with van der Waals surface area (Å²) in [6.45, 7) is 6.54. The summed E-state index contributed by atoms with van der Waals surface area (Å²) in [6, 6.07) is 0. The molecule has 0 fully saturated rings. The molecule has 0 aliphatic rings. The Kier molecular flexibility index (Phi) is 4.45. The lowest BCUT2D eigenvalue weighted by Crippen LogP contribution is -2.05. The second kappa shape index (κ2) is 5.12. The maximum Gasteiger partial charge on any atom is 0.338 e. The first-order valence-corrected chi connectivity index (χ1v) is 3.29. The van der Waals surface area contributed by atoms with E-state index >= 15 is 0 Å². The smallest absolute Gasteiger partial charge is 0.338 e. The average Bonchev–Trinajstić information content (AvgIpc) is 2.00. The molecule has 0 saturated heterocycles. The molecule has 1 N–H and O–H groups in total. The highest BCUT2D eigenvalue weighted by molar-refractivity contribution is 5.88. The van der Waals surface area contributed by atoms with Crippen molar-refractivity contribution in [2.75, 3.05) is 0 Å². The molecule has 0 aliphatic heterocycles. The summed E-state index contributed by atoms with van der Waals surface area (Å²) in [5.41, 5.74) is 0.136. The number of esters is 1. The molecule has 0 radical (unpaired) electrons. The van der Waals surface area contributed by atoms with E-state index in [0.29, 0.717) is 0 Å². The molecule has 0 saturated carbocycles. The summed E-state index contributed by atoms with van der Waals surface area (Å²) >= 11 is 0. The van der Waals surface area contributed by atoms with Gasteiger partial charge in [-0.2, -0.15) is 0 Å². The molecule has 66 valence electrons. The number of carboxylic acids is 1. The van der Waals surface area contributed by atoms with Crippen molar-refractivity contribution >= 4 is 11.9 Å². The Balaban J connectivity index is 3.79. The van der Waals surface area contributed by atoms with Crippen LogP contribution in [0.3, 0.4) is 0 Å². The van der Waals surface area contributed by atoms with Gasteiger partial charge in [0.05, 0.1) is 6.26 Å². The maximum absolute atomic E-state index is 10.8. The molecule has 0 bridgehead atoms. The first kappa shape index (κ1) is 10.4. The molecule has 0 atom stereocenters. The van der Waals surface area contributed by atoms with Crippen LogP contribution in [0.5, 0.6) is 0 Å². The number of carbonyl (C=O) groups excluding carboxylic acids is 1. The van der Waals surface area contributed by atoms with Crippen LogP contribution in [0.1, 0.15) is 12.8 Å². The van der Waals surface area contributed by atoms with E-state index in [1.54, 1.807) is 0 Å². The highest BCUT2D eigenvalue weighted by atomic mass is 16.5. The molecule has 0 aliphatic carbocycles. The van der Waals surface area contributed by atoms with Crippen molar-refractivity contribution in [1.82, 2.24) is 0 Å². The van der Waals surface area contributed by atoms with Crippen molar-refractivity contribution in [3.05, 3.63) is 25.0 Å². The SMILES string of the molecule is C=COC(=O)C(=C)CCC(=O)O. The summed E-state index contributed by atoms with van der Waals surface area (Å²) in [6.07, 6.45) is 0.960. The Bertz CT molecular complexity index is 217. The third-order valence-corrected chi connectivity index (χ3v) is 1.12. The topological polar surface area (TPSA) is 63.6 Å². The van der Waals surface area contributed by atoms with Crippen LogP contribution >= 0.6 is 0 Å². The monoisotopic (exact) mass is 170 g/mol. The zero-order chi connectivity index (χ0) is 9.56. The summed E-state index contributed by atoms with van der Waals surface area (Å²) < 4.78 is 4.37. The van der Waals surface area contributed by atoms with E-state index in [0.717, 1.165) is 6.26 Å². The lowest BCUT2D eigenvalue weighted by Gasteiger charge is -1.99. The van der Waals surface area contributed by atoms with Gasteiger partial charge in [0.15, 0.2) is 0 Å². The van der Waals surface area contributed by atoms with E-state index in [1.807, 2.05) is 0 Å². The summed E-state index contributed by atoms with van der Waals surface area (Å²) in [5.74, 6) is -1.60. The van der Waals surface area contributed by atoms with E-state index in [1.165, 1.54) is 0 Å². The third-order valence-electron chi connectivity index (χ3n) is 1.12. The van der Waals surface area contributed by atoms with Gasteiger partial charge in [0, 0.05) is 12.0 Å². The summed E-state index contributed by atoms with van der Waals surface area (Å²) in [4.78, 5) is 20.8. The van der Waals surface area contributed by atoms with E-state index in [-0.39, 0.29) is 18.4 Å². The molecular weight excluding hydrogens is 160 g/mol. The molecule has 4 heteroatoms. The van der Waals surface area contributed by atoms with Crippen LogP contribution in [0.25, 0.3) is 0 Å². The fourth-order valence-electron chi connectivity index (χ4n) is 0.519. The lowest BCUT2D eigenvalue weighted by molar-refractivity contribution is -0.137. The van der Waals surface area contributed by atoms with E-state index in [2.05, 4.69) is 17.9 Å². The van der Waals surface area contributed by atoms with E-state index in [4.69, 9.17) is 5.11 Å². The molecule has 0 aromatic heterocycles. The summed E-state index contributed by atoms with van der Waals surface area (Å²) in [5, 5.41) is 8.26. The van der Waals surface area contributed by atoms with Gasteiger partial charge < -0.3 is 9.84 Å². The van der Waals surface area contributed by atoms with Crippen molar-refractivity contribution in [2.45, 2.75) is 12.8 Å². The number of aliphatic carboxylic acids is 1. The first-order valence-electron chi connectivity index (χ1n) is 3.29. The lowest BCUT2D eigenvalue weighted by atomic mass is 10.2. The van der Waals surface area contributed by atoms with Gasteiger partial charge in [0.2, 0.25) is 0 Å². The molecule has 0 heterocycles. The average molecular weight is 170 g/mol. The number of carboxylic acid groups (broad SMARTS) is 1. The quantitative estimate of drug-likeness (QED) is 0.381. The van der Waals surface area contributed by atoms with Gasteiger partial charge in [0.1, 0.15) is 0 Å². The van der Waals surface area contributed by atoms with Crippen molar-refractivity contribution in [3.63, 3.8) is 0 Å².